The number of aromatic nitrogens is 2. The maximum absolute atomic E-state index is 12.0. The fourth-order valence-electron chi connectivity index (χ4n) is 1.73. The molecule has 0 aliphatic heterocycles. The first-order chi connectivity index (χ1) is 9.06. The van der Waals surface area contributed by atoms with Crippen molar-refractivity contribution in [3.05, 3.63) is 53.3 Å². The van der Waals surface area contributed by atoms with E-state index in [-0.39, 0.29) is 11.9 Å². The second-order valence-electron chi connectivity index (χ2n) is 4.24. The highest BCUT2D eigenvalue weighted by Crippen LogP contribution is 2.21. The molecule has 0 aliphatic rings. The summed E-state index contributed by atoms with van der Waals surface area (Å²) in [7, 11) is 0. The fraction of sp³-hybridized carbons (Fsp3) is 0.214. The number of benzene rings is 1. The second-order valence-corrected chi connectivity index (χ2v) is 4.67. The SMILES string of the molecule is Cc1cc(C)nc(NC(=O)C(Cl)c2ccccc2)n1. The molecule has 2 aromatic rings. The van der Waals surface area contributed by atoms with Gasteiger partial charge in [-0.2, -0.15) is 0 Å². The molecule has 0 spiro atoms. The third-order valence-electron chi connectivity index (χ3n) is 2.54. The second kappa shape index (κ2) is 5.80. The van der Waals surface area contributed by atoms with Gasteiger partial charge in [0.25, 0.3) is 0 Å². The smallest absolute Gasteiger partial charge is 0.249 e. The molecular weight excluding hydrogens is 262 g/mol. The van der Waals surface area contributed by atoms with Crippen LogP contribution < -0.4 is 5.32 Å². The van der Waals surface area contributed by atoms with Crippen LogP contribution in [0.3, 0.4) is 0 Å². The van der Waals surface area contributed by atoms with Gasteiger partial charge >= 0.3 is 0 Å². The van der Waals surface area contributed by atoms with Crippen molar-refractivity contribution in [2.75, 3.05) is 5.32 Å². The maximum Gasteiger partial charge on any atom is 0.249 e. The van der Waals surface area contributed by atoms with Crippen molar-refractivity contribution < 1.29 is 4.79 Å². The Labute approximate surface area is 116 Å². The highest BCUT2D eigenvalue weighted by molar-refractivity contribution is 6.32. The predicted octanol–water partition coefficient (Wildman–Crippen LogP) is 3.01. The Morgan fingerprint density at radius 3 is 2.32 bits per heavy atom. The van der Waals surface area contributed by atoms with Crippen molar-refractivity contribution in [3.8, 4) is 0 Å². The normalized spacial score (nSPS) is 11.9. The van der Waals surface area contributed by atoms with E-state index in [9.17, 15) is 4.79 Å². The quantitative estimate of drug-likeness (QED) is 0.876. The number of alkyl halides is 1. The van der Waals surface area contributed by atoms with E-state index in [1.807, 2.05) is 38.1 Å². The van der Waals surface area contributed by atoms with Crippen LogP contribution in [0.15, 0.2) is 36.4 Å². The summed E-state index contributed by atoms with van der Waals surface area (Å²) in [6.45, 7) is 3.69. The first-order valence-electron chi connectivity index (χ1n) is 5.88. The number of hydrogen-bond acceptors (Lipinski definition) is 3. The molecule has 5 heteroatoms. The molecule has 0 bridgehead atoms. The number of halogens is 1. The fourth-order valence-corrected chi connectivity index (χ4v) is 1.93. The minimum Gasteiger partial charge on any atom is -0.293 e. The van der Waals surface area contributed by atoms with E-state index in [4.69, 9.17) is 11.6 Å². The molecule has 1 N–H and O–H groups in total. The number of carbonyl (C=O) groups is 1. The van der Waals surface area contributed by atoms with E-state index in [0.29, 0.717) is 0 Å². The lowest BCUT2D eigenvalue weighted by Crippen LogP contribution is -2.19. The lowest BCUT2D eigenvalue weighted by atomic mass is 10.1. The van der Waals surface area contributed by atoms with Gasteiger partial charge in [0.1, 0.15) is 5.38 Å². The number of amides is 1. The van der Waals surface area contributed by atoms with Crippen LogP contribution in [0.2, 0.25) is 0 Å². The van der Waals surface area contributed by atoms with Gasteiger partial charge in [-0.1, -0.05) is 30.3 Å². The third kappa shape index (κ3) is 3.51. The van der Waals surface area contributed by atoms with Crippen LogP contribution in [-0.2, 0) is 4.79 Å². The van der Waals surface area contributed by atoms with E-state index in [1.54, 1.807) is 12.1 Å². The molecular formula is C14H14ClN3O. The first-order valence-corrected chi connectivity index (χ1v) is 6.32. The summed E-state index contributed by atoms with van der Waals surface area (Å²) in [6, 6.07) is 11.0. The zero-order valence-electron chi connectivity index (χ0n) is 10.7. The maximum atomic E-state index is 12.0. The van der Waals surface area contributed by atoms with Gasteiger partial charge in [0.2, 0.25) is 11.9 Å². The standard InChI is InChI=1S/C14H14ClN3O/c1-9-8-10(2)17-14(16-9)18-13(19)12(15)11-6-4-3-5-7-11/h3-8,12H,1-2H3,(H,16,17,18,19). The molecule has 0 saturated carbocycles. The van der Waals surface area contributed by atoms with Crippen molar-refractivity contribution in [1.82, 2.24) is 9.97 Å². The minimum atomic E-state index is -0.759. The highest BCUT2D eigenvalue weighted by Gasteiger charge is 2.18. The number of rotatable bonds is 3. The summed E-state index contributed by atoms with van der Waals surface area (Å²) in [5.74, 6) is -0.0538. The van der Waals surface area contributed by atoms with Gasteiger partial charge in [0, 0.05) is 11.4 Å². The summed E-state index contributed by atoms with van der Waals surface area (Å²) in [6.07, 6.45) is 0. The number of carbonyl (C=O) groups excluding carboxylic acids is 1. The molecule has 0 aliphatic carbocycles. The Morgan fingerprint density at radius 1 is 1.16 bits per heavy atom. The van der Waals surface area contributed by atoms with Crippen LogP contribution in [0.25, 0.3) is 0 Å². The van der Waals surface area contributed by atoms with Crippen LogP contribution in [0.1, 0.15) is 22.3 Å². The highest BCUT2D eigenvalue weighted by atomic mass is 35.5. The average Bonchev–Trinajstić information content (AvgIpc) is 2.37. The van der Waals surface area contributed by atoms with Crippen LogP contribution in [0.5, 0.6) is 0 Å². The van der Waals surface area contributed by atoms with E-state index in [2.05, 4.69) is 15.3 Å². The molecule has 0 saturated heterocycles. The third-order valence-corrected chi connectivity index (χ3v) is 2.99. The molecule has 2 rings (SSSR count). The summed E-state index contributed by atoms with van der Waals surface area (Å²) >= 11 is 6.12. The van der Waals surface area contributed by atoms with Gasteiger partial charge in [-0.3, -0.25) is 10.1 Å². The molecule has 1 amide bonds. The van der Waals surface area contributed by atoms with Crippen molar-refractivity contribution >= 4 is 23.5 Å². The predicted molar refractivity (Wildman–Crippen MR) is 75.2 cm³/mol. The van der Waals surface area contributed by atoms with Gasteiger partial charge in [-0.25, -0.2) is 9.97 Å². The van der Waals surface area contributed by atoms with Gasteiger partial charge in [0.05, 0.1) is 0 Å². The summed E-state index contributed by atoms with van der Waals surface area (Å²) < 4.78 is 0. The van der Waals surface area contributed by atoms with Crippen molar-refractivity contribution in [1.29, 1.82) is 0 Å². The van der Waals surface area contributed by atoms with Gasteiger partial charge in [-0.15, -0.1) is 11.6 Å². The Balaban J connectivity index is 2.13. The number of nitrogens with one attached hydrogen (secondary N) is 1. The molecule has 0 fully saturated rings. The van der Waals surface area contributed by atoms with Crippen LogP contribution in [0.4, 0.5) is 5.95 Å². The molecule has 1 heterocycles. The van der Waals surface area contributed by atoms with Gasteiger partial charge < -0.3 is 0 Å². The Hall–Kier alpha value is -1.94. The van der Waals surface area contributed by atoms with Gasteiger partial charge in [-0.05, 0) is 25.5 Å². The van der Waals surface area contributed by atoms with Crippen LogP contribution in [0, 0.1) is 13.8 Å². The molecule has 0 radical (unpaired) electrons. The topological polar surface area (TPSA) is 54.9 Å². The van der Waals surface area contributed by atoms with Crippen LogP contribution >= 0.6 is 11.6 Å². The number of aryl methyl sites for hydroxylation is 2. The van der Waals surface area contributed by atoms with E-state index < -0.39 is 5.38 Å². The number of hydrogen-bond donors (Lipinski definition) is 1. The molecule has 1 unspecified atom stereocenters. The average molecular weight is 276 g/mol. The van der Waals surface area contributed by atoms with Crippen LogP contribution in [-0.4, -0.2) is 15.9 Å². The number of nitrogens with zero attached hydrogens (tertiary/aromatic N) is 2. The number of anilines is 1. The van der Waals surface area contributed by atoms with E-state index >= 15 is 0 Å². The molecule has 4 nitrogen and oxygen atoms in total. The van der Waals surface area contributed by atoms with E-state index in [1.165, 1.54) is 0 Å². The molecule has 1 aromatic carbocycles. The van der Waals surface area contributed by atoms with Crippen molar-refractivity contribution in [2.24, 2.45) is 0 Å². The van der Waals surface area contributed by atoms with Crippen molar-refractivity contribution in [2.45, 2.75) is 19.2 Å². The monoisotopic (exact) mass is 275 g/mol. The summed E-state index contributed by atoms with van der Waals surface area (Å²) in [5.41, 5.74) is 2.34. The zero-order valence-corrected chi connectivity index (χ0v) is 11.5. The minimum absolute atomic E-state index is 0.282. The lowest BCUT2D eigenvalue weighted by molar-refractivity contribution is -0.116. The largest absolute Gasteiger partial charge is 0.293 e. The first kappa shape index (κ1) is 13.5. The van der Waals surface area contributed by atoms with E-state index in [0.717, 1.165) is 17.0 Å². The summed E-state index contributed by atoms with van der Waals surface area (Å²) in [4.78, 5) is 20.3. The Kier molecular flexibility index (Phi) is 4.12. The van der Waals surface area contributed by atoms with Crippen molar-refractivity contribution in [3.63, 3.8) is 0 Å². The zero-order chi connectivity index (χ0) is 13.8. The molecule has 1 atom stereocenters. The van der Waals surface area contributed by atoms with Gasteiger partial charge in [0.15, 0.2) is 0 Å². The Bertz CT molecular complexity index is 566. The lowest BCUT2D eigenvalue weighted by Gasteiger charge is -2.10. The Morgan fingerprint density at radius 2 is 1.74 bits per heavy atom. The molecule has 98 valence electrons. The molecule has 19 heavy (non-hydrogen) atoms. The molecule has 1 aromatic heterocycles. The summed E-state index contributed by atoms with van der Waals surface area (Å²) in [5, 5.41) is 1.87.